The van der Waals surface area contributed by atoms with Gasteiger partial charge in [0.25, 0.3) is 0 Å². The monoisotopic (exact) mass is 283 g/mol. The van der Waals surface area contributed by atoms with E-state index in [1.807, 2.05) is 18.7 Å². The second kappa shape index (κ2) is 8.88. The summed E-state index contributed by atoms with van der Waals surface area (Å²) in [5, 5.41) is 3.44. The SMILES string of the molecule is CCN(CC)C(=O)/C=C(/NCC(C)(C)C)N(CC)CC. The molecule has 0 spiro atoms. The Balaban J connectivity index is 5.04. The summed E-state index contributed by atoms with van der Waals surface area (Å²) in [6, 6.07) is 0. The summed E-state index contributed by atoms with van der Waals surface area (Å²) in [6.45, 7) is 18.9. The van der Waals surface area contributed by atoms with Gasteiger partial charge in [-0.3, -0.25) is 4.79 Å². The Labute approximate surface area is 125 Å². The standard InChI is InChI=1S/C16H33N3O/c1-8-18(9-2)14(17-13-16(5,6)7)12-15(20)19(10-3)11-4/h12,17H,8-11,13H2,1-7H3/b14-12-. The summed E-state index contributed by atoms with van der Waals surface area (Å²) < 4.78 is 0. The van der Waals surface area contributed by atoms with Gasteiger partial charge in [-0.1, -0.05) is 20.8 Å². The molecule has 0 radical (unpaired) electrons. The van der Waals surface area contributed by atoms with Crippen molar-refractivity contribution >= 4 is 5.91 Å². The first-order chi connectivity index (χ1) is 9.28. The van der Waals surface area contributed by atoms with E-state index < -0.39 is 0 Å². The van der Waals surface area contributed by atoms with Crippen LogP contribution in [0, 0.1) is 5.41 Å². The van der Waals surface area contributed by atoms with Crippen LogP contribution in [0.25, 0.3) is 0 Å². The molecule has 1 N–H and O–H groups in total. The van der Waals surface area contributed by atoms with Gasteiger partial charge >= 0.3 is 0 Å². The minimum atomic E-state index is 0.0818. The number of carbonyl (C=O) groups is 1. The number of amides is 1. The maximum absolute atomic E-state index is 12.3. The van der Waals surface area contributed by atoms with Gasteiger partial charge in [-0.15, -0.1) is 0 Å². The van der Waals surface area contributed by atoms with Gasteiger partial charge in [0.2, 0.25) is 5.91 Å². The first-order valence-corrected chi connectivity index (χ1v) is 7.78. The van der Waals surface area contributed by atoms with Crippen LogP contribution in [-0.2, 0) is 4.79 Å². The molecule has 0 aliphatic heterocycles. The van der Waals surface area contributed by atoms with Gasteiger partial charge in [-0.05, 0) is 33.1 Å². The molecule has 0 unspecified atom stereocenters. The van der Waals surface area contributed by atoms with Gasteiger partial charge in [0, 0.05) is 38.8 Å². The van der Waals surface area contributed by atoms with Gasteiger partial charge in [0.05, 0.1) is 0 Å². The predicted octanol–water partition coefficient (Wildman–Crippen LogP) is 2.67. The third-order valence-electron chi connectivity index (χ3n) is 3.24. The molecule has 0 heterocycles. The summed E-state index contributed by atoms with van der Waals surface area (Å²) in [7, 11) is 0. The number of likely N-dealkylation sites (N-methyl/N-ethyl adjacent to an activating group) is 1. The van der Waals surface area contributed by atoms with Crippen LogP contribution in [0.3, 0.4) is 0 Å². The van der Waals surface area contributed by atoms with Crippen molar-refractivity contribution in [1.29, 1.82) is 0 Å². The number of nitrogens with one attached hydrogen (secondary N) is 1. The third-order valence-corrected chi connectivity index (χ3v) is 3.24. The summed E-state index contributed by atoms with van der Waals surface area (Å²) in [6.07, 6.45) is 1.74. The fraction of sp³-hybridized carbons (Fsp3) is 0.812. The predicted molar refractivity (Wildman–Crippen MR) is 86.4 cm³/mol. The van der Waals surface area contributed by atoms with Crippen molar-refractivity contribution in [3.63, 3.8) is 0 Å². The van der Waals surface area contributed by atoms with E-state index in [-0.39, 0.29) is 11.3 Å². The zero-order valence-corrected chi connectivity index (χ0v) is 14.4. The first-order valence-electron chi connectivity index (χ1n) is 7.78. The van der Waals surface area contributed by atoms with E-state index in [9.17, 15) is 4.79 Å². The van der Waals surface area contributed by atoms with Crippen LogP contribution in [0.5, 0.6) is 0 Å². The van der Waals surface area contributed by atoms with E-state index >= 15 is 0 Å². The van der Waals surface area contributed by atoms with Crippen LogP contribution in [0.2, 0.25) is 0 Å². The molecule has 0 fully saturated rings. The van der Waals surface area contributed by atoms with Crippen LogP contribution in [-0.4, -0.2) is 48.4 Å². The van der Waals surface area contributed by atoms with Crippen LogP contribution in [0.1, 0.15) is 48.5 Å². The second-order valence-corrected chi connectivity index (χ2v) is 6.13. The highest BCUT2D eigenvalue weighted by atomic mass is 16.2. The molecule has 0 rings (SSSR count). The molecule has 0 saturated carbocycles. The van der Waals surface area contributed by atoms with Gasteiger partial charge < -0.3 is 15.1 Å². The lowest BCUT2D eigenvalue weighted by molar-refractivity contribution is -0.125. The summed E-state index contributed by atoms with van der Waals surface area (Å²) in [5.74, 6) is 1.01. The van der Waals surface area contributed by atoms with Gasteiger partial charge in [0.15, 0.2) is 0 Å². The van der Waals surface area contributed by atoms with Gasteiger partial charge in [-0.25, -0.2) is 0 Å². The molecule has 118 valence electrons. The average molecular weight is 283 g/mol. The normalized spacial score (nSPS) is 12.2. The highest BCUT2D eigenvalue weighted by Gasteiger charge is 2.15. The zero-order valence-electron chi connectivity index (χ0n) is 14.4. The molecular weight excluding hydrogens is 250 g/mol. The topological polar surface area (TPSA) is 35.6 Å². The molecule has 0 bridgehead atoms. The Kier molecular flexibility index (Phi) is 8.35. The zero-order chi connectivity index (χ0) is 15.8. The van der Waals surface area contributed by atoms with Crippen LogP contribution in [0.15, 0.2) is 11.9 Å². The third kappa shape index (κ3) is 6.83. The fourth-order valence-electron chi connectivity index (χ4n) is 1.92. The highest BCUT2D eigenvalue weighted by Crippen LogP contribution is 2.12. The van der Waals surface area contributed by atoms with Crippen molar-refractivity contribution in [2.75, 3.05) is 32.7 Å². The van der Waals surface area contributed by atoms with E-state index in [1.54, 1.807) is 6.08 Å². The number of hydrogen-bond acceptors (Lipinski definition) is 3. The molecule has 0 saturated heterocycles. The van der Waals surface area contributed by atoms with Crippen molar-refractivity contribution < 1.29 is 4.79 Å². The quantitative estimate of drug-likeness (QED) is 0.696. The van der Waals surface area contributed by atoms with Crippen LogP contribution < -0.4 is 5.32 Å². The fourth-order valence-corrected chi connectivity index (χ4v) is 1.92. The molecule has 4 heteroatoms. The molecule has 0 aromatic rings. The second-order valence-electron chi connectivity index (χ2n) is 6.13. The minimum absolute atomic E-state index is 0.0818. The number of hydrogen-bond donors (Lipinski definition) is 1. The lowest BCUT2D eigenvalue weighted by Crippen LogP contribution is -2.38. The Morgan fingerprint density at radius 3 is 1.75 bits per heavy atom. The van der Waals surface area contributed by atoms with Crippen LogP contribution >= 0.6 is 0 Å². The lowest BCUT2D eigenvalue weighted by atomic mass is 9.97. The van der Waals surface area contributed by atoms with Crippen LogP contribution in [0.4, 0.5) is 0 Å². The maximum Gasteiger partial charge on any atom is 0.250 e. The Hall–Kier alpha value is -1.19. The molecule has 0 aromatic heterocycles. The largest absolute Gasteiger partial charge is 0.371 e. The van der Waals surface area contributed by atoms with Gasteiger partial charge in [-0.2, -0.15) is 0 Å². The van der Waals surface area contributed by atoms with Crippen molar-refractivity contribution in [2.45, 2.75) is 48.5 Å². The number of rotatable bonds is 8. The van der Waals surface area contributed by atoms with E-state index in [0.29, 0.717) is 0 Å². The molecular formula is C16H33N3O. The molecule has 1 amide bonds. The Bertz CT molecular complexity index is 310. The smallest absolute Gasteiger partial charge is 0.250 e. The van der Waals surface area contributed by atoms with Crippen molar-refractivity contribution in [3.8, 4) is 0 Å². The lowest BCUT2D eigenvalue weighted by Gasteiger charge is -2.29. The summed E-state index contributed by atoms with van der Waals surface area (Å²) in [4.78, 5) is 16.3. The maximum atomic E-state index is 12.3. The van der Waals surface area contributed by atoms with E-state index in [1.165, 1.54) is 0 Å². The molecule has 0 aliphatic carbocycles. The molecule has 0 aromatic carbocycles. The number of carbonyl (C=O) groups excluding carboxylic acids is 1. The van der Waals surface area contributed by atoms with E-state index in [2.05, 4.69) is 44.8 Å². The summed E-state index contributed by atoms with van der Waals surface area (Å²) >= 11 is 0. The Morgan fingerprint density at radius 2 is 1.40 bits per heavy atom. The Morgan fingerprint density at radius 1 is 0.950 bits per heavy atom. The van der Waals surface area contributed by atoms with Crippen molar-refractivity contribution in [3.05, 3.63) is 11.9 Å². The van der Waals surface area contributed by atoms with Gasteiger partial charge in [0.1, 0.15) is 5.82 Å². The molecule has 4 nitrogen and oxygen atoms in total. The summed E-state index contributed by atoms with van der Waals surface area (Å²) in [5.41, 5.74) is 0.185. The van der Waals surface area contributed by atoms with Crippen molar-refractivity contribution in [2.24, 2.45) is 5.41 Å². The van der Waals surface area contributed by atoms with E-state index in [0.717, 1.165) is 38.5 Å². The van der Waals surface area contributed by atoms with E-state index in [4.69, 9.17) is 0 Å². The van der Waals surface area contributed by atoms with Crippen molar-refractivity contribution in [1.82, 2.24) is 15.1 Å². The highest BCUT2D eigenvalue weighted by molar-refractivity contribution is 5.88. The molecule has 20 heavy (non-hydrogen) atoms. The minimum Gasteiger partial charge on any atom is -0.371 e. The molecule has 0 atom stereocenters. The average Bonchev–Trinajstić information content (AvgIpc) is 2.37. The number of nitrogens with zero attached hydrogens (tertiary/aromatic N) is 2. The molecule has 0 aliphatic rings. The first kappa shape index (κ1) is 18.8.